The van der Waals surface area contributed by atoms with E-state index in [2.05, 4.69) is 15.6 Å². The molecule has 1 aliphatic heterocycles. The van der Waals surface area contributed by atoms with E-state index >= 15 is 0 Å². The summed E-state index contributed by atoms with van der Waals surface area (Å²) in [4.78, 5) is 29.0. The molecule has 1 unspecified atom stereocenters. The molecular weight excluding hydrogens is 369 g/mol. The Balaban J connectivity index is 1.83. The number of carbonyl (C=O) groups excluding carboxylic acids is 2. The summed E-state index contributed by atoms with van der Waals surface area (Å²) in [5.41, 5.74) is 0.417. The highest BCUT2D eigenvalue weighted by Crippen LogP contribution is 2.38. The zero-order valence-electron chi connectivity index (χ0n) is 13.6. The minimum Gasteiger partial charge on any atom is -0.352 e. The standard InChI is InChI=1S/C16H15F3N4O2S/c1-9-12(16(17,18)19)26-14(21-9)22-15(25)23-8-7-20-13(24)11(23)10-5-3-2-4-6-10/h2-6,11H,7-8H2,1H3,(H,20,24)(H,21,22,25). The van der Waals surface area contributed by atoms with Crippen molar-refractivity contribution in [3.05, 3.63) is 46.5 Å². The second kappa shape index (κ2) is 6.94. The van der Waals surface area contributed by atoms with Crippen LogP contribution in [-0.4, -0.2) is 34.9 Å². The van der Waals surface area contributed by atoms with E-state index in [1.54, 1.807) is 30.3 Å². The Kier molecular flexibility index (Phi) is 4.86. The van der Waals surface area contributed by atoms with Gasteiger partial charge in [-0.25, -0.2) is 9.78 Å². The molecule has 2 heterocycles. The largest absolute Gasteiger partial charge is 0.427 e. The molecule has 0 bridgehead atoms. The predicted octanol–water partition coefficient (Wildman–Crippen LogP) is 3.18. The zero-order valence-corrected chi connectivity index (χ0v) is 14.4. The van der Waals surface area contributed by atoms with Crippen molar-refractivity contribution in [3.8, 4) is 0 Å². The Morgan fingerprint density at radius 3 is 2.65 bits per heavy atom. The molecule has 0 spiro atoms. The zero-order chi connectivity index (χ0) is 18.9. The lowest BCUT2D eigenvalue weighted by molar-refractivity contribution is -0.135. The molecule has 2 N–H and O–H groups in total. The van der Waals surface area contributed by atoms with Gasteiger partial charge in [0.25, 0.3) is 0 Å². The molecule has 0 radical (unpaired) electrons. The summed E-state index contributed by atoms with van der Waals surface area (Å²) in [6, 6.07) is 7.17. The Hall–Kier alpha value is -2.62. The molecular formula is C16H15F3N4O2S. The van der Waals surface area contributed by atoms with Crippen molar-refractivity contribution in [2.24, 2.45) is 0 Å². The molecule has 1 saturated heterocycles. The molecule has 1 aliphatic rings. The normalized spacial score (nSPS) is 17.8. The number of amides is 3. The molecule has 26 heavy (non-hydrogen) atoms. The molecule has 6 nitrogen and oxygen atoms in total. The Bertz CT molecular complexity index is 823. The van der Waals surface area contributed by atoms with Crippen molar-refractivity contribution >= 4 is 28.4 Å². The smallest absolute Gasteiger partial charge is 0.352 e. The number of nitrogens with zero attached hydrogens (tertiary/aromatic N) is 2. The maximum Gasteiger partial charge on any atom is 0.427 e. The van der Waals surface area contributed by atoms with Gasteiger partial charge >= 0.3 is 12.2 Å². The number of alkyl halides is 3. The van der Waals surface area contributed by atoms with Crippen LogP contribution in [0.4, 0.5) is 23.1 Å². The fraction of sp³-hybridized carbons (Fsp3) is 0.312. The first-order valence-electron chi connectivity index (χ1n) is 7.72. The number of aromatic nitrogens is 1. The van der Waals surface area contributed by atoms with Gasteiger partial charge in [-0.15, -0.1) is 0 Å². The topological polar surface area (TPSA) is 74.3 Å². The molecule has 1 fully saturated rings. The number of anilines is 1. The summed E-state index contributed by atoms with van der Waals surface area (Å²) < 4.78 is 38.6. The molecule has 138 valence electrons. The highest BCUT2D eigenvalue weighted by Gasteiger charge is 2.37. The molecule has 3 amide bonds. The fourth-order valence-corrected chi connectivity index (χ4v) is 3.55. The Morgan fingerprint density at radius 2 is 2.04 bits per heavy atom. The molecule has 10 heteroatoms. The quantitative estimate of drug-likeness (QED) is 0.835. The van der Waals surface area contributed by atoms with Crippen LogP contribution in [0.3, 0.4) is 0 Å². The van der Waals surface area contributed by atoms with Gasteiger partial charge in [0.2, 0.25) is 5.91 Å². The van der Waals surface area contributed by atoms with Crippen LogP contribution in [0.2, 0.25) is 0 Å². The lowest BCUT2D eigenvalue weighted by Gasteiger charge is -2.34. The van der Waals surface area contributed by atoms with Crippen LogP contribution in [0, 0.1) is 6.92 Å². The van der Waals surface area contributed by atoms with Crippen molar-refractivity contribution in [1.82, 2.24) is 15.2 Å². The van der Waals surface area contributed by atoms with Crippen LogP contribution in [0.5, 0.6) is 0 Å². The number of urea groups is 1. The minimum absolute atomic E-state index is 0.155. The second-order valence-corrected chi connectivity index (χ2v) is 6.66. The number of rotatable bonds is 2. The molecule has 1 aromatic carbocycles. The molecule has 1 atom stereocenters. The first-order chi connectivity index (χ1) is 12.3. The van der Waals surface area contributed by atoms with Crippen molar-refractivity contribution in [2.75, 3.05) is 18.4 Å². The van der Waals surface area contributed by atoms with Crippen LogP contribution in [0.15, 0.2) is 30.3 Å². The van der Waals surface area contributed by atoms with E-state index in [4.69, 9.17) is 0 Å². The third kappa shape index (κ3) is 3.64. The van der Waals surface area contributed by atoms with Gasteiger partial charge in [0, 0.05) is 13.1 Å². The van der Waals surface area contributed by atoms with E-state index < -0.39 is 23.1 Å². The summed E-state index contributed by atoms with van der Waals surface area (Å²) in [6.45, 7) is 1.73. The molecule has 3 rings (SSSR count). The third-order valence-corrected chi connectivity index (χ3v) is 4.97. The highest BCUT2D eigenvalue weighted by molar-refractivity contribution is 7.16. The van der Waals surface area contributed by atoms with E-state index in [-0.39, 0.29) is 29.8 Å². The Labute approximate surface area is 151 Å². The van der Waals surface area contributed by atoms with Gasteiger partial charge in [0.05, 0.1) is 5.69 Å². The van der Waals surface area contributed by atoms with Crippen LogP contribution < -0.4 is 10.6 Å². The van der Waals surface area contributed by atoms with Crippen molar-refractivity contribution in [1.29, 1.82) is 0 Å². The van der Waals surface area contributed by atoms with E-state index in [0.29, 0.717) is 16.9 Å². The highest BCUT2D eigenvalue weighted by atomic mass is 32.1. The monoisotopic (exact) mass is 384 g/mol. The molecule has 1 aromatic heterocycles. The maximum absolute atomic E-state index is 12.9. The SMILES string of the molecule is Cc1nc(NC(=O)N2CCNC(=O)C2c2ccccc2)sc1C(F)(F)F. The number of nitrogens with one attached hydrogen (secondary N) is 2. The van der Waals surface area contributed by atoms with Crippen molar-refractivity contribution < 1.29 is 22.8 Å². The molecule has 0 aliphatic carbocycles. The number of benzene rings is 1. The van der Waals surface area contributed by atoms with Crippen LogP contribution in [0.1, 0.15) is 22.2 Å². The summed E-state index contributed by atoms with van der Waals surface area (Å²) in [5.74, 6) is -0.344. The van der Waals surface area contributed by atoms with E-state index in [0.717, 1.165) is 0 Å². The van der Waals surface area contributed by atoms with E-state index in [1.165, 1.54) is 11.8 Å². The lowest BCUT2D eigenvalue weighted by Crippen LogP contribution is -2.53. The number of aryl methyl sites for hydroxylation is 1. The van der Waals surface area contributed by atoms with E-state index in [9.17, 15) is 22.8 Å². The number of halogens is 3. The number of hydrogen-bond acceptors (Lipinski definition) is 4. The number of carbonyl (C=O) groups is 2. The van der Waals surface area contributed by atoms with Gasteiger partial charge < -0.3 is 10.2 Å². The molecule has 2 aromatic rings. The Morgan fingerprint density at radius 1 is 1.35 bits per heavy atom. The van der Waals surface area contributed by atoms with Crippen LogP contribution in [-0.2, 0) is 11.0 Å². The van der Waals surface area contributed by atoms with Gasteiger partial charge in [0.1, 0.15) is 10.9 Å². The summed E-state index contributed by atoms with van der Waals surface area (Å²) >= 11 is 0.361. The van der Waals surface area contributed by atoms with Gasteiger partial charge in [-0.1, -0.05) is 41.7 Å². The minimum atomic E-state index is -4.53. The van der Waals surface area contributed by atoms with Gasteiger partial charge in [0.15, 0.2) is 5.13 Å². The maximum atomic E-state index is 12.9. The van der Waals surface area contributed by atoms with Crippen LogP contribution >= 0.6 is 11.3 Å². The van der Waals surface area contributed by atoms with E-state index in [1.807, 2.05) is 0 Å². The van der Waals surface area contributed by atoms with Gasteiger partial charge in [-0.2, -0.15) is 13.2 Å². The average Bonchev–Trinajstić information content (AvgIpc) is 2.96. The summed E-state index contributed by atoms with van der Waals surface area (Å²) in [7, 11) is 0. The molecule has 0 saturated carbocycles. The first kappa shape index (κ1) is 18.2. The van der Waals surface area contributed by atoms with Crippen molar-refractivity contribution in [3.63, 3.8) is 0 Å². The van der Waals surface area contributed by atoms with Crippen LogP contribution in [0.25, 0.3) is 0 Å². The lowest BCUT2D eigenvalue weighted by atomic mass is 10.0. The van der Waals surface area contributed by atoms with Gasteiger partial charge in [-0.3, -0.25) is 10.1 Å². The summed E-state index contributed by atoms with van der Waals surface area (Å²) in [6.07, 6.45) is -4.53. The number of piperazine rings is 1. The van der Waals surface area contributed by atoms with Gasteiger partial charge in [-0.05, 0) is 12.5 Å². The average molecular weight is 384 g/mol. The fourth-order valence-electron chi connectivity index (χ4n) is 2.73. The van der Waals surface area contributed by atoms with Crippen molar-refractivity contribution in [2.45, 2.75) is 19.1 Å². The number of thiazole rings is 1. The summed E-state index contributed by atoms with van der Waals surface area (Å²) in [5, 5.41) is 4.91. The number of hydrogen-bond donors (Lipinski definition) is 2. The second-order valence-electron chi connectivity index (χ2n) is 5.66. The third-order valence-electron chi connectivity index (χ3n) is 3.86. The predicted molar refractivity (Wildman–Crippen MR) is 89.8 cm³/mol. The first-order valence-corrected chi connectivity index (χ1v) is 8.54.